The molecule has 1 aliphatic rings. The minimum absolute atomic E-state index is 0.0780. The van der Waals surface area contributed by atoms with E-state index in [2.05, 4.69) is 6.92 Å². The third kappa shape index (κ3) is 7.78. The van der Waals surface area contributed by atoms with Crippen molar-refractivity contribution in [1.82, 2.24) is 13.6 Å². The average molecular weight is 488 g/mol. The maximum atomic E-state index is 12.8. The molecule has 0 spiro atoms. The second kappa shape index (κ2) is 12.0. The third-order valence-corrected chi connectivity index (χ3v) is 16.5. The molecule has 0 aromatic rings. The maximum absolute atomic E-state index is 12.8. The lowest BCUT2D eigenvalue weighted by molar-refractivity contribution is -0.157. The van der Waals surface area contributed by atoms with Crippen molar-refractivity contribution in [3.63, 3.8) is 0 Å². The van der Waals surface area contributed by atoms with Gasteiger partial charge in [0.2, 0.25) is 10.0 Å². The molecule has 1 amide bonds. The number of esters is 1. The summed E-state index contributed by atoms with van der Waals surface area (Å²) >= 11 is 7.08. The summed E-state index contributed by atoms with van der Waals surface area (Å²) < 4.78 is 33.0. The Kier molecular flexibility index (Phi) is 11.1. The van der Waals surface area contributed by atoms with Crippen LogP contribution in [-0.4, -0.2) is 86.3 Å². The van der Waals surface area contributed by atoms with Crippen molar-refractivity contribution in [3.8, 4) is 0 Å². The van der Waals surface area contributed by atoms with E-state index in [4.69, 9.17) is 16.5 Å². The highest BCUT2D eigenvalue weighted by atomic mass is 32.9. The number of carbonyl (C=O) groups is 2. The van der Waals surface area contributed by atoms with Crippen molar-refractivity contribution < 1.29 is 22.7 Å². The van der Waals surface area contributed by atoms with Crippen LogP contribution in [0.4, 0.5) is 0 Å². The second-order valence-electron chi connectivity index (χ2n) is 7.33. The normalized spacial score (nSPS) is 16.7. The highest BCUT2D eigenvalue weighted by molar-refractivity contribution is 8.70. The van der Waals surface area contributed by atoms with Gasteiger partial charge in [0.1, 0.15) is 6.61 Å². The van der Waals surface area contributed by atoms with Gasteiger partial charge >= 0.3 is 11.9 Å². The number of hydrogen-bond donors (Lipinski definition) is 0. The molecule has 0 N–H and O–H groups in total. The number of hydrogen-bond acceptors (Lipinski definition) is 8. The Morgan fingerprint density at radius 1 is 1.14 bits per heavy atom. The van der Waals surface area contributed by atoms with Crippen molar-refractivity contribution in [2.24, 2.45) is 0 Å². The Balaban J connectivity index is 2.94. The summed E-state index contributed by atoms with van der Waals surface area (Å²) in [6, 6.07) is 0. The Morgan fingerprint density at radius 2 is 1.76 bits per heavy atom. The van der Waals surface area contributed by atoms with E-state index in [0.29, 0.717) is 25.1 Å². The number of nitrogens with zero attached hydrogens (tertiary/aromatic N) is 3. The largest absolute Gasteiger partial charge is 0.457 e. The second-order valence-corrected chi connectivity index (χ2v) is 17.2. The summed E-state index contributed by atoms with van der Waals surface area (Å²) in [7, 11) is 2.91. The molecule has 1 fully saturated rings. The minimum Gasteiger partial charge on any atom is -0.457 e. The van der Waals surface area contributed by atoms with Crippen LogP contribution in [0.3, 0.4) is 0 Å². The lowest BCUT2D eigenvalue weighted by Crippen LogP contribution is -2.39. The van der Waals surface area contributed by atoms with E-state index >= 15 is 0 Å². The van der Waals surface area contributed by atoms with Crippen LogP contribution in [0.15, 0.2) is 0 Å². The van der Waals surface area contributed by atoms with Crippen LogP contribution < -0.4 is 0 Å². The van der Waals surface area contributed by atoms with Gasteiger partial charge in [-0.1, -0.05) is 37.6 Å². The molecule has 0 radical (unpaired) electrons. The fourth-order valence-electron chi connectivity index (χ4n) is 2.42. The zero-order valence-electron chi connectivity index (χ0n) is 18.0. The first-order chi connectivity index (χ1) is 13.5. The molecule has 1 aliphatic carbocycles. The molecule has 0 saturated heterocycles. The molecule has 12 heteroatoms. The number of carbonyl (C=O) groups excluding carboxylic acids is 2. The van der Waals surface area contributed by atoms with Crippen LogP contribution in [-0.2, 0) is 36.2 Å². The van der Waals surface area contributed by atoms with Crippen molar-refractivity contribution >= 4 is 50.6 Å². The third-order valence-electron chi connectivity index (χ3n) is 4.55. The minimum atomic E-state index is -3.60. The summed E-state index contributed by atoms with van der Waals surface area (Å²) in [5.74, 6) is -1.27. The topological polar surface area (TPSA) is 87.2 Å². The van der Waals surface area contributed by atoms with Crippen molar-refractivity contribution in [1.29, 1.82) is 0 Å². The lowest BCUT2D eigenvalue weighted by Gasteiger charge is -2.36. The van der Waals surface area contributed by atoms with E-state index in [1.165, 1.54) is 29.6 Å². The molecule has 170 valence electrons. The summed E-state index contributed by atoms with van der Waals surface area (Å²) in [5, 5.41) is -0.439. The van der Waals surface area contributed by atoms with Crippen LogP contribution in [0.2, 0.25) is 0 Å². The molecular weight excluding hydrogens is 453 g/mol. The summed E-state index contributed by atoms with van der Waals surface area (Å²) in [5.41, 5.74) is -3.08. The Morgan fingerprint density at radius 3 is 2.28 bits per heavy atom. The Bertz CT molecular complexity index is 713. The highest BCUT2D eigenvalue weighted by Gasteiger charge is 2.47. The fourth-order valence-corrected chi connectivity index (χ4v) is 12.4. The van der Waals surface area contributed by atoms with Gasteiger partial charge in [-0.3, -0.25) is 9.46 Å². The molecule has 8 nitrogen and oxygen atoms in total. The van der Waals surface area contributed by atoms with Gasteiger partial charge in [0.25, 0.3) is 0 Å². The quantitative estimate of drug-likeness (QED) is 0.170. The van der Waals surface area contributed by atoms with Crippen LogP contribution in [0.25, 0.3) is 0 Å². The predicted octanol–water partition coefficient (Wildman–Crippen LogP) is 2.51. The van der Waals surface area contributed by atoms with Gasteiger partial charge in [0, 0.05) is 26.4 Å². The fraction of sp³-hybridized carbons (Fsp3) is 0.882. The monoisotopic (exact) mass is 487 g/mol. The van der Waals surface area contributed by atoms with Gasteiger partial charge in [-0.25, -0.2) is 13.2 Å². The zero-order valence-corrected chi connectivity index (χ0v) is 21.3. The van der Waals surface area contributed by atoms with E-state index in [1.54, 1.807) is 0 Å². The highest BCUT2D eigenvalue weighted by Crippen LogP contribution is 2.65. The predicted molar refractivity (Wildman–Crippen MR) is 123 cm³/mol. The Hall–Kier alpha value is -0.190. The number of unbranched alkanes of at least 4 members (excludes halogenated alkanes) is 3. The average Bonchev–Trinajstić information content (AvgIpc) is 3.51. The van der Waals surface area contributed by atoms with E-state index in [9.17, 15) is 18.0 Å². The van der Waals surface area contributed by atoms with Gasteiger partial charge in [-0.15, -0.1) is 4.08 Å². The molecule has 1 unspecified atom stereocenters. The van der Waals surface area contributed by atoms with Crippen LogP contribution in [0.5, 0.6) is 0 Å². The van der Waals surface area contributed by atoms with E-state index in [0.717, 1.165) is 30.4 Å². The first kappa shape index (κ1) is 26.8. The molecule has 29 heavy (non-hydrogen) atoms. The SMILES string of the molecule is CCCCCCSP(=S)(N(C)C(=O)C(=O)OCCN(C)C)N(C)S(=O)(=O)C1CC1. The van der Waals surface area contributed by atoms with E-state index < -0.39 is 32.7 Å². The van der Waals surface area contributed by atoms with Crippen LogP contribution in [0, 0.1) is 0 Å². The van der Waals surface area contributed by atoms with Crippen molar-refractivity contribution in [3.05, 3.63) is 0 Å². The molecule has 0 aliphatic heterocycles. The number of ether oxygens (including phenoxy) is 1. The lowest BCUT2D eigenvalue weighted by atomic mass is 10.2. The number of amides is 1. The van der Waals surface area contributed by atoms with Gasteiger partial charge in [0.15, 0.2) is 5.54 Å². The van der Waals surface area contributed by atoms with Crippen molar-refractivity contribution in [2.75, 3.05) is 47.1 Å². The Labute approximate surface area is 184 Å². The molecular formula is C17H34N3O5PS3. The smallest absolute Gasteiger partial charge is 0.397 e. The first-order valence-electron chi connectivity index (χ1n) is 9.81. The molecule has 0 aromatic carbocycles. The van der Waals surface area contributed by atoms with Crippen LogP contribution in [0.1, 0.15) is 45.4 Å². The summed E-state index contributed by atoms with van der Waals surface area (Å²) in [6.07, 6.45) is 5.28. The molecule has 1 saturated carbocycles. The summed E-state index contributed by atoms with van der Waals surface area (Å²) in [4.78, 5) is 26.7. The molecule has 1 atom stereocenters. The summed E-state index contributed by atoms with van der Waals surface area (Å²) in [6.45, 7) is 2.68. The van der Waals surface area contributed by atoms with Crippen molar-refractivity contribution in [2.45, 2.75) is 50.7 Å². The molecule has 0 bridgehead atoms. The zero-order chi connectivity index (χ0) is 22.2. The number of rotatable bonds is 13. The number of likely N-dealkylation sites (N-methyl/N-ethyl adjacent to an activating group) is 2. The van der Waals surface area contributed by atoms with Gasteiger partial charge in [-0.05, 0) is 45.2 Å². The van der Waals surface area contributed by atoms with Gasteiger partial charge < -0.3 is 9.64 Å². The van der Waals surface area contributed by atoms with E-state index in [1.807, 2.05) is 19.0 Å². The van der Waals surface area contributed by atoms with Gasteiger partial charge in [0.05, 0.1) is 5.25 Å². The maximum Gasteiger partial charge on any atom is 0.397 e. The van der Waals surface area contributed by atoms with E-state index in [-0.39, 0.29) is 6.61 Å². The first-order valence-corrected chi connectivity index (χ1v) is 15.6. The standard InChI is InChI=1S/C17H34N3O5PS3/c1-6-7-8-9-14-28-26(27,20(5)29(23,24)15-10-11-15)19(4)16(21)17(22)25-13-12-18(2)3/h15H,6-14H2,1-5H3. The van der Waals surface area contributed by atoms with Crippen LogP contribution >= 0.6 is 16.9 Å². The number of sulfonamides is 1. The molecule has 1 rings (SSSR count). The molecule has 0 heterocycles. The molecule has 0 aromatic heterocycles. The van der Waals surface area contributed by atoms with Gasteiger partial charge in [-0.2, -0.15) is 0 Å².